The summed E-state index contributed by atoms with van der Waals surface area (Å²) in [4.78, 5) is 28.4. The number of amides is 2. The zero-order chi connectivity index (χ0) is 29.8. The number of rotatable bonds is 9. The Morgan fingerprint density at radius 2 is 1.48 bits per heavy atom. The Morgan fingerprint density at radius 3 is 2.08 bits per heavy atom. The number of carbonyl (C=O) groups is 2. The van der Waals surface area contributed by atoms with Crippen LogP contribution in [0.3, 0.4) is 0 Å². The van der Waals surface area contributed by atoms with Gasteiger partial charge in [0.2, 0.25) is 11.8 Å². The summed E-state index contributed by atoms with van der Waals surface area (Å²) in [7, 11) is -4.28. The molecule has 0 saturated heterocycles. The molecule has 3 aromatic rings. The van der Waals surface area contributed by atoms with E-state index in [1.165, 1.54) is 41.3 Å². The molecule has 12 heteroatoms. The molecule has 0 saturated carbocycles. The van der Waals surface area contributed by atoms with Crippen LogP contribution in [0, 0.1) is 0 Å². The third-order valence-electron chi connectivity index (χ3n) is 5.81. The summed E-state index contributed by atoms with van der Waals surface area (Å²) in [5, 5.41) is 3.86. The van der Waals surface area contributed by atoms with E-state index in [-0.39, 0.29) is 27.2 Å². The lowest BCUT2D eigenvalue weighted by molar-refractivity contribution is -0.140. The van der Waals surface area contributed by atoms with E-state index >= 15 is 0 Å². The smallest absolute Gasteiger partial charge is 0.264 e. The number of carbonyl (C=O) groups excluding carboxylic acids is 2. The second kappa shape index (κ2) is 13.0. The second-order valence-corrected chi connectivity index (χ2v) is 13.6. The van der Waals surface area contributed by atoms with Crippen LogP contribution in [0.15, 0.2) is 71.6 Å². The van der Waals surface area contributed by atoms with E-state index in [1.807, 2.05) is 20.8 Å². The van der Waals surface area contributed by atoms with Crippen molar-refractivity contribution >= 4 is 73.9 Å². The van der Waals surface area contributed by atoms with Crippen molar-refractivity contribution < 1.29 is 18.0 Å². The molecule has 1 N–H and O–H groups in total. The van der Waals surface area contributed by atoms with Gasteiger partial charge in [0.15, 0.2) is 0 Å². The molecule has 0 radical (unpaired) electrons. The monoisotopic (exact) mass is 643 g/mol. The highest BCUT2D eigenvalue weighted by atomic mass is 35.5. The van der Waals surface area contributed by atoms with Crippen LogP contribution in [0.5, 0.6) is 0 Å². The van der Waals surface area contributed by atoms with Gasteiger partial charge in [0.05, 0.1) is 15.6 Å². The minimum Gasteiger partial charge on any atom is -0.350 e. The van der Waals surface area contributed by atoms with Crippen molar-refractivity contribution in [2.24, 2.45) is 0 Å². The Kier molecular flexibility index (Phi) is 10.4. The number of hydrogen-bond acceptors (Lipinski definition) is 4. The number of sulfonamides is 1. The first-order valence-corrected chi connectivity index (χ1v) is 15.1. The van der Waals surface area contributed by atoms with Crippen LogP contribution in [-0.4, -0.2) is 43.3 Å². The van der Waals surface area contributed by atoms with Gasteiger partial charge in [-0.15, -0.1) is 0 Å². The lowest BCUT2D eigenvalue weighted by Crippen LogP contribution is -2.54. The summed E-state index contributed by atoms with van der Waals surface area (Å²) in [6, 6.07) is 15.8. The zero-order valence-electron chi connectivity index (χ0n) is 22.3. The van der Waals surface area contributed by atoms with E-state index in [1.54, 1.807) is 37.3 Å². The van der Waals surface area contributed by atoms with Crippen LogP contribution >= 0.6 is 46.4 Å². The van der Waals surface area contributed by atoms with Gasteiger partial charge < -0.3 is 10.2 Å². The number of hydrogen-bond donors (Lipinski definition) is 1. The Labute approximate surface area is 255 Å². The Bertz CT molecular complexity index is 1500. The highest BCUT2D eigenvalue weighted by molar-refractivity contribution is 7.92. The summed E-state index contributed by atoms with van der Waals surface area (Å²) in [6.45, 7) is 6.25. The van der Waals surface area contributed by atoms with Crippen molar-refractivity contribution in [2.45, 2.75) is 50.7 Å². The van der Waals surface area contributed by atoms with Crippen molar-refractivity contribution in [1.82, 2.24) is 10.2 Å². The van der Waals surface area contributed by atoms with Crippen LogP contribution in [-0.2, 0) is 26.2 Å². The largest absolute Gasteiger partial charge is 0.350 e. The number of halogens is 4. The number of nitrogens with one attached hydrogen (secondary N) is 1. The minimum atomic E-state index is -4.28. The summed E-state index contributed by atoms with van der Waals surface area (Å²) in [5.74, 6) is -1.10. The average Bonchev–Trinajstić information content (AvgIpc) is 2.87. The fourth-order valence-electron chi connectivity index (χ4n) is 3.80. The predicted molar refractivity (Wildman–Crippen MR) is 162 cm³/mol. The molecular formula is C28H29Cl4N3O4S. The number of benzene rings is 3. The van der Waals surface area contributed by atoms with Gasteiger partial charge in [-0.1, -0.05) is 70.7 Å². The Balaban J connectivity index is 2.09. The van der Waals surface area contributed by atoms with Gasteiger partial charge in [0.25, 0.3) is 10.0 Å². The van der Waals surface area contributed by atoms with Crippen molar-refractivity contribution in [3.63, 3.8) is 0 Å². The van der Waals surface area contributed by atoms with Crippen LogP contribution in [0.1, 0.15) is 33.3 Å². The fourth-order valence-corrected chi connectivity index (χ4v) is 6.15. The van der Waals surface area contributed by atoms with Crippen LogP contribution in [0.25, 0.3) is 0 Å². The molecule has 0 aliphatic rings. The summed E-state index contributed by atoms with van der Waals surface area (Å²) >= 11 is 25.1. The molecule has 0 unspecified atom stereocenters. The Morgan fingerprint density at radius 1 is 0.875 bits per heavy atom. The molecule has 0 heterocycles. The summed E-state index contributed by atoms with van der Waals surface area (Å²) in [6.07, 6.45) is 0. The third-order valence-corrected chi connectivity index (χ3v) is 8.72. The molecule has 3 rings (SSSR count). The predicted octanol–water partition coefficient (Wildman–Crippen LogP) is 6.83. The lowest BCUT2D eigenvalue weighted by Gasteiger charge is -2.34. The first-order chi connectivity index (χ1) is 18.6. The van der Waals surface area contributed by atoms with Crippen LogP contribution in [0.4, 0.5) is 5.69 Å². The van der Waals surface area contributed by atoms with E-state index in [4.69, 9.17) is 46.4 Å². The summed E-state index contributed by atoms with van der Waals surface area (Å²) in [5.41, 5.74) is -0.0367. The first-order valence-electron chi connectivity index (χ1n) is 12.2. The standard InChI is InChI=1S/C28H29Cl4N3O4S/c1-18(27(37)33-28(2,3)4)34(16-19-10-11-20(29)14-24(19)32)26(36)17-35(25-15-21(30)12-13-23(25)31)40(38,39)22-8-6-5-7-9-22/h5-15,18H,16-17H2,1-4H3,(H,33,37)/t18-/m0/s1. The van der Waals surface area contributed by atoms with E-state index < -0.39 is 40.0 Å². The number of nitrogens with zero attached hydrogens (tertiary/aromatic N) is 2. The van der Waals surface area contributed by atoms with Crippen molar-refractivity contribution in [3.8, 4) is 0 Å². The minimum absolute atomic E-state index is 0.0163. The van der Waals surface area contributed by atoms with E-state index in [0.717, 1.165) is 4.31 Å². The van der Waals surface area contributed by atoms with E-state index in [9.17, 15) is 18.0 Å². The SMILES string of the molecule is C[C@@H](C(=O)NC(C)(C)C)N(Cc1ccc(Cl)cc1Cl)C(=O)CN(c1cc(Cl)ccc1Cl)S(=O)(=O)c1ccccc1. The molecule has 1 atom stereocenters. The van der Waals surface area contributed by atoms with Crippen LogP contribution < -0.4 is 9.62 Å². The van der Waals surface area contributed by atoms with Gasteiger partial charge in [0.1, 0.15) is 12.6 Å². The quantitative estimate of drug-likeness (QED) is 0.277. The molecule has 2 amide bonds. The van der Waals surface area contributed by atoms with Crippen LogP contribution in [0.2, 0.25) is 20.1 Å². The van der Waals surface area contributed by atoms with Gasteiger partial charge in [-0.05, 0) is 75.7 Å². The average molecular weight is 645 g/mol. The highest BCUT2D eigenvalue weighted by Crippen LogP contribution is 2.33. The van der Waals surface area contributed by atoms with Gasteiger partial charge in [-0.2, -0.15) is 0 Å². The topological polar surface area (TPSA) is 86.8 Å². The first kappa shape index (κ1) is 32.0. The van der Waals surface area contributed by atoms with Gasteiger partial charge in [-0.3, -0.25) is 13.9 Å². The third kappa shape index (κ3) is 8.04. The molecule has 0 bridgehead atoms. The normalized spacial score (nSPS) is 12.5. The second-order valence-electron chi connectivity index (χ2n) is 10.1. The molecule has 7 nitrogen and oxygen atoms in total. The maximum Gasteiger partial charge on any atom is 0.264 e. The summed E-state index contributed by atoms with van der Waals surface area (Å²) < 4.78 is 28.6. The molecule has 0 aliphatic heterocycles. The lowest BCUT2D eigenvalue weighted by atomic mass is 10.1. The van der Waals surface area contributed by atoms with Gasteiger partial charge in [0, 0.05) is 27.2 Å². The van der Waals surface area contributed by atoms with E-state index in [0.29, 0.717) is 15.6 Å². The molecule has 0 fully saturated rings. The highest BCUT2D eigenvalue weighted by Gasteiger charge is 2.34. The van der Waals surface area contributed by atoms with Gasteiger partial charge >= 0.3 is 0 Å². The van der Waals surface area contributed by atoms with Crippen molar-refractivity contribution in [2.75, 3.05) is 10.8 Å². The van der Waals surface area contributed by atoms with Crippen molar-refractivity contribution in [3.05, 3.63) is 92.4 Å². The molecule has 0 aromatic heterocycles. The number of anilines is 1. The maximum atomic E-state index is 14.0. The molecule has 0 aliphatic carbocycles. The van der Waals surface area contributed by atoms with Gasteiger partial charge in [-0.25, -0.2) is 8.42 Å². The molecule has 0 spiro atoms. The molecular weight excluding hydrogens is 616 g/mol. The van der Waals surface area contributed by atoms with E-state index in [2.05, 4.69) is 5.32 Å². The molecule has 214 valence electrons. The maximum absolute atomic E-state index is 14.0. The fraction of sp³-hybridized carbons (Fsp3) is 0.286. The molecule has 3 aromatic carbocycles. The Hall–Kier alpha value is -2.49. The molecule has 40 heavy (non-hydrogen) atoms. The zero-order valence-corrected chi connectivity index (χ0v) is 26.1. The van der Waals surface area contributed by atoms with Crippen molar-refractivity contribution in [1.29, 1.82) is 0 Å².